The van der Waals surface area contributed by atoms with Crippen molar-refractivity contribution in [1.29, 1.82) is 0 Å². The first-order valence-corrected chi connectivity index (χ1v) is 8.53. The number of anilines is 1. The van der Waals surface area contributed by atoms with Crippen LogP contribution in [-0.2, 0) is 29.2 Å². The van der Waals surface area contributed by atoms with Crippen LogP contribution in [0.2, 0.25) is 0 Å². The van der Waals surface area contributed by atoms with Crippen molar-refractivity contribution >= 4 is 35.6 Å². The molecule has 0 aliphatic carbocycles. The maximum absolute atomic E-state index is 6.06. The molecule has 142 valence electrons. The Kier molecular flexibility index (Phi) is 10.9. The van der Waals surface area contributed by atoms with Gasteiger partial charge in [0.15, 0.2) is 5.96 Å². The van der Waals surface area contributed by atoms with Crippen LogP contribution in [0.4, 0.5) is 5.69 Å². The highest BCUT2D eigenvalue weighted by Crippen LogP contribution is 2.16. The van der Waals surface area contributed by atoms with Gasteiger partial charge in [-0.1, -0.05) is 49.4 Å². The monoisotopic (exact) mass is 469 g/mol. The highest BCUT2D eigenvalue weighted by atomic mass is 127. The Bertz CT molecular complexity index is 692. The maximum atomic E-state index is 6.06. The third kappa shape index (κ3) is 7.31. The molecule has 2 aromatic rings. The number of methoxy groups -OCH3 is 1. The van der Waals surface area contributed by atoms with Gasteiger partial charge in [-0.3, -0.25) is 0 Å². The number of ether oxygens (including phenoxy) is 2. The van der Waals surface area contributed by atoms with Gasteiger partial charge in [0.25, 0.3) is 0 Å². The highest BCUT2D eigenvalue weighted by molar-refractivity contribution is 14.0. The molecule has 0 heterocycles. The summed E-state index contributed by atoms with van der Waals surface area (Å²) in [4.78, 5) is 4.47. The number of guanidine groups is 1. The molecular formula is C20H28IN3O2. The minimum absolute atomic E-state index is 0. The molecule has 0 aliphatic rings. The molecule has 6 heteroatoms. The fourth-order valence-corrected chi connectivity index (χ4v) is 2.45. The number of aliphatic imine (C=N–C) groups is 1. The third-order valence-electron chi connectivity index (χ3n) is 3.72. The number of rotatable bonds is 9. The first-order valence-electron chi connectivity index (χ1n) is 8.53. The predicted molar refractivity (Wildman–Crippen MR) is 118 cm³/mol. The first kappa shape index (κ1) is 22.4. The molecule has 0 fully saturated rings. The van der Waals surface area contributed by atoms with E-state index in [4.69, 9.17) is 15.2 Å². The lowest BCUT2D eigenvalue weighted by Crippen LogP contribution is -2.23. The normalized spacial score (nSPS) is 11.1. The minimum atomic E-state index is 0. The maximum Gasteiger partial charge on any atom is 0.193 e. The topological polar surface area (TPSA) is 68.9 Å². The highest BCUT2D eigenvalue weighted by Gasteiger charge is 2.04. The fourth-order valence-electron chi connectivity index (χ4n) is 2.45. The van der Waals surface area contributed by atoms with E-state index in [0.29, 0.717) is 25.7 Å². The standard InChI is InChI=1S/C20H27N3O2.HI/c1-3-12-25-15-17-9-5-4-8-16(17)13-22-20(21)23-19-11-7-6-10-18(19)14-24-2;/h4-11H,3,12-15H2,1-2H3,(H3,21,22,23);1H. The molecule has 0 saturated carbocycles. The molecule has 0 aromatic heterocycles. The molecule has 2 aromatic carbocycles. The Morgan fingerprint density at radius 1 is 1.00 bits per heavy atom. The van der Waals surface area contributed by atoms with Gasteiger partial charge in [0.2, 0.25) is 0 Å². The van der Waals surface area contributed by atoms with Crippen molar-refractivity contribution in [2.45, 2.75) is 33.1 Å². The molecule has 0 bridgehead atoms. The number of hydrogen-bond donors (Lipinski definition) is 2. The second-order valence-electron chi connectivity index (χ2n) is 5.74. The average Bonchev–Trinajstić information content (AvgIpc) is 2.63. The second kappa shape index (κ2) is 12.7. The van der Waals surface area contributed by atoms with E-state index in [2.05, 4.69) is 29.4 Å². The van der Waals surface area contributed by atoms with Crippen LogP contribution in [0.5, 0.6) is 0 Å². The summed E-state index contributed by atoms with van der Waals surface area (Å²) in [5.74, 6) is 0.382. The SMILES string of the molecule is CCCOCc1ccccc1CN=C(N)Nc1ccccc1COC.I. The van der Waals surface area contributed by atoms with Crippen molar-refractivity contribution in [2.75, 3.05) is 19.0 Å². The van der Waals surface area contributed by atoms with Gasteiger partial charge < -0.3 is 20.5 Å². The summed E-state index contributed by atoms with van der Waals surface area (Å²) in [6.07, 6.45) is 1.01. The predicted octanol–water partition coefficient (Wildman–Crippen LogP) is 4.30. The number of para-hydroxylation sites is 1. The van der Waals surface area contributed by atoms with E-state index in [1.165, 1.54) is 0 Å². The van der Waals surface area contributed by atoms with Gasteiger partial charge in [0.05, 0.1) is 19.8 Å². The first-order chi connectivity index (χ1) is 12.2. The lowest BCUT2D eigenvalue weighted by Gasteiger charge is -2.12. The lowest BCUT2D eigenvalue weighted by atomic mass is 10.1. The molecule has 0 radical (unpaired) electrons. The van der Waals surface area contributed by atoms with Crippen LogP contribution in [0.1, 0.15) is 30.0 Å². The van der Waals surface area contributed by atoms with Gasteiger partial charge in [-0.25, -0.2) is 4.99 Å². The van der Waals surface area contributed by atoms with Gasteiger partial charge in [-0.05, 0) is 23.6 Å². The van der Waals surface area contributed by atoms with Gasteiger partial charge >= 0.3 is 0 Å². The summed E-state index contributed by atoms with van der Waals surface area (Å²) < 4.78 is 10.9. The summed E-state index contributed by atoms with van der Waals surface area (Å²) in [6.45, 7) is 4.50. The van der Waals surface area contributed by atoms with Crippen LogP contribution in [0.25, 0.3) is 0 Å². The van der Waals surface area contributed by atoms with E-state index in [1.54, 1.807) is 7.11 Å². The molecule has 0 amide bonds. The van der Waals surface area contributed by atoms with E-state index in [1.807, 2.05) is 36.4 Å². The summed E-state index contributed by atoms with van der Waals surface area (Å²) in [7, 11) is 1.67. The number of nitrogens with zero attached hydrogens (tertiary/aromatic N) is 1. The molecule has 0 saturated heterocycles. The van der Waals surface area contributed by atoms with E-state index in [-0.39, 0.29) is 24.0 Å². The largest absolute Gasteiger partial charge is 0.380 e. The van der Waals surface area contributed by atoms with Gasteiger partial charge in [0, 0.05) is 25.0 Å². The molecular weight excluding hydrogens is 441 g/mol. The Morgan fingerprint density at radius 3 is 2.35 bits per heavy atom. The molecule has 2 rings (SSSR count). The third-order valence-corrected chi connectivity index (χ3v) is 3.72. The van der Waals surface area contributed by atoms with Gasteiger partial charge in [0.1, 0.15) is 0 Å². The number of nitrogens with two attached hydrogens (primary N) is 1. The van der Waals surface area contributed by atoms with Crippen molar-refractivity contribution in [3.05, 3.63) is 65.2 Å². The number of hydrogen-bond acceptors (Lipinski definition) is 3. The van der Waals surface area contributed by atoms with Crippen LogP contribution >= 0.6 is 24.0 Å². The summed E-state index contributed by atoms with van der Waals surface area (Å²) in [6, 6.07) is 16.0. The molecule has 26 heavy (non-hydrogen) atoms. The van der Waals surface area contributed by atoms with Crippen LogP contribution in [-0.4, -0.2) is 19.7 Å². The number of nitrogens with one attached hydrogen (secondary N) is 1. The lowest BCUT2D eigenvalue weighted by molar-refractivity contribution is 0.121. The zero-order chi connectivity index (χ0) is 17.9. The smallest absolute Gasteiger partial charge is 0.193 e. The van der Waals surface area contributed by atoms with E-state index in [9.17, 15) is 0 Å². The van der Waals surface area contributed by atoms with Crippen LogP contribution in [0, 0.1) is 0 Å². The van der Waals surface area contributed by atoms with E-state index < -0.39 is 0 Å². The molecule has 0 unspecified atom stereocenters. The van der Waals surface area contributed by atoms with Crippen molar-refractivity contribution in [3.8, 4) is 0 Å². The van der Waals surface area contributed by atoms with Crippen molar-refractivity contribution in [1.82, 2.24) is 0 Å². The number of benzene rings is 2. The summed E-state index contributed by atoms with van der Waals surface area (Å²) in [5, 5.41) is 3.15. The van der Waals surface area contributed by atoms with Crippen LogP contribution in [0.3, 0.4) is 0 Å². The second-order valence-corrected chi connectivity index (χ2v) is 5.74. The van der Waals surface area contributed by atoms with Gasteiger partial charge in [-0.15, -0.1) is 24.0 Å². The Labute approximate surface area is 173 Å². The Hall–Kier alpha value is -1.64. The molecule has 0 spiro atoms. The molecule has 0 aliphatic heterocycles. The zero-order valence-corrected chi connectivity index (χ0v) is 17.7. The summed E-state index contributed by atoms with van der Waals surface area (Å²) >= 11 is 0. The minimum Gasteiger partial charge on any atom is -0.380 e. The number of halogens is 1. The van der Waals surface area contributed by atoms with Crippen LogP contribution in [0.15, 0.2) is 53.5 Å². The molecule has 0 atom stereocenters. The Balaban J connectivity index is 0.00000338. The molecule has 3 N–H and O–H groups in total. The van der Waals surface area contributed by atoms with Crippen molar-refractivity contribution in [2.24, 2.45) is 10.7 Å². The quantitative estimate of drug-likeness (QED) is 0.249. The average molecular weight is 469 g/mol. The zero-order valence-electron chi connectivity index (χ0n) is 15.4. The van der Waals surface area contributed by atoms with Crippen molar-refractivity contribution in [3.63, 3.8) is 0 Å². The molecule has 5 nitrogen and oxygen atoms in total. The van der Waals surface area contributed by atoms with Crippen molar-refractivity contribution < 1.29 is 9.47 Å². The van der Waals surface area contributed by atoms with E-state index in [0.717, 1.165) is 35.4 Å². The summed E-state index contributed by atoms with van der Waals surface area (Å²) in [5.41, 5.74) is 10.3. The Morgan fingerprint density at radius 2 is 1.65 bits per heavy atom. The van der Waals surface area contributed by atoms with E-state index >= 15 is 0 Å². The van der Waals surface area contributed by atoms with Crippen LogP contribution < -0.4 is 11.1 Å². The fraction of sp³-hybridized carbons (Fsp3) is 0.350. The van der Waals surface area contributed by atoms with Gasteiger partial charge in [-0.2, -0.15) is 0 Å².